The number of hydrogen-bond acceptors (Lipinski definition) is 7. The van der Waals surface area contributed by atoms with Gasteiger partial charge in [0.1, 0.15) is 0 Å². The number of sulfonamides is 2. The molecule has 45 heavy (non-hydrogen) atoms. The molecule has 0 fully saturated rings. The molecule has 0 aliphatic carbocycles. The molecular formula is C14H15F18N2O8PS2. The number of phosphoric ester groups is 1. The summed E-state index contributed by atoms with van der Waals surface area (Å²) in [6.07, 6.45) is -14.8. The highest BCUT2D eigenvalue weighted by Crippen LogP contribution is 2.56. The third-order valence-electron chi connectivity index (χ3n) is 5.02. The molecule has 0 unspecified atom stereocenters. The lowest BCUT2D eigenvalue weighted by Crippen LogP contribution is -2.65. The van der Waals surface area contributed by atoms with Gasteiger partial charge in [-0.15, -0.1) is 0 Å². The average Bonchev–Trinajstić information content (AvgIpc) is 2.81. The second-order valence-corrected chi connectivity index (χ2v) is 13.7. The van der Waals surface area contributed by atoms with Crippen LogP contribution in [0.4, 0.5) is 79.0 Å². The molecule has 0 bridgehead atoms. The van der Waals surface area contributed by atoms with Crippen LogP contribution < -0.4 is 0 Å². The van der Waals surface area contributed by atoms with Gasteiger partial charge in [0.2, 0.25) is 0 Å². The summed E-state index contributed by atoms with van der Waals surface area (Å²) in [6.45, 7) is -7.29. The van der Waals surface area contributed by atoms with Crippen LogP contribution in [0.5, 0.6) is 0 Å². The number of nitrogens with zero attached hydrogens (tertiary/aromatic N) is 2. The predicted octanol–water partition coefficient (Wildman–Crippen LogP) is 4.49. The summed E-state index contributed by atoms with van der Waals surface area (Å²) in [5.41, 5.74) is 0. The molecule has 0 rings (SSSR count). The smallest absolute Gasteiger partial charge is 0.302 e. The standard InChI is InChI=1S/C14H15F18N2O8PS2/c1-33(44(37,38)13(29,30)9(19,20)7(15,16)11(23,24)25)3-5-41-43(35,36)42-6-4-34(2)45(39,40)14(31,32)10(21,22)8(17,18)12(26,27)28/h3-6H2,1-2H3,(H,35,36). The zero-order valence-electron chi connectivity index (χ0n) is 21.1. The summed E-state index contributed by atoms with van der Waals surface area (Å²) in [7, 11) is -20.5. The molecule has 0 radical (unpaired) electrons. The molecule has 0 saturated heterocycles. The lowest BCUT2D eigenvalue weighted by molar-refractivity contribution is -0.382. The second-order valence-electron chi connectivity index (χ2n) is 8.11. The van der Waals surface area contributed by atoms with Crippen LogP contribution in [0, 0.1) is 0 Å². The van der Waals surface area contributed by atoms with Gasteiger partial charge in [0.25, 0.3) is 20.0 Å². The molecule has 0 heterocycles. The molecule has 0 saturated carbocycles. The van der Waals surface area contributed by atoms with Gasteiger partial charge in [-0.25, -0.2) is 21.4 Å². The van der Waals surface area contributed by atoms with Crippen LogP contribution in [0.25, 0.3) is 0 Å². The van der Waals surface area contributed by atoms with Gasteiger partial charge in [-0.2, -0.15) is 87.6 Å². The van der Waals surface area contributed by atoms with E-state index in [4.69, 9.17) is 0 Å². The van der Waals surface area contributed by atoms with Crippen molar-refractivity contribution >= 4 is 27.9 Å². The minimum Gasteiger partial charge on any atom is -0.302 e. The van der Waals surface area contributed by atoms with Crippen molar-refractivity contribution in [3.63, 3.8) is 0 Å². The Labute approximate surface area is 238 Å². The van der Waals surface area contributed by atoms with E-state index < -0.39 is 109 Å². The molecule has 0 aromatic heterocycles. The largest absolute Gasteiger partial charge is 0.472 e. The molecule has 0 aromatic carbocycles. The van der Waals surface area contributed by atoms with E-state index in [-0.39, 0.29) is 14.1 Å². The zero-order valence-corrected chi connectivity index (χ0v) is 23.6. The number of likely N-dealkylation sites (N-methyl/N-ethyl adjacent to an activating group) is 2. The molecule has 0 aliphatic heterocycles. The molecule has 31 heteroatoms. The van der Waals surface area contributed by atoms with Crippen LogP contribution >= 0.6 is 7.82 Å². The van der Waals surface area contributed by atoms with Gasteiger partial charge in [0.15, 0.2) is 0 Å². The van der Waals surface area contributed by atoms with E-state index in [2.05, 4.69) is 9.05 Å². The Kier molecular flexibility index (Phi) is 12.2. The van der Waals surface area contributed by atoms with Crippen molar-refractivity contribution in [3.05, 3.63) is 0 Å². The van der Waals surface area contributed by atoms with Gasteiger partial charge in [0.05, 0.1) is 13.2 Å². The first kappa shape index (κ1) is 43.7. The fourth-order valence-corrected chi connectivity index (χ4v) is 5.30. The maximum Gasteiger partial charge on any atom is 0.472 e. The number of rotatable bonds is 16. The highest BCUT2D eigenvalue weighted by atomic mass is 32.2. The first-order valence-electron chi connectivity index (χ1n) is 10.2. The molecule has 272 valence electrons. The molecule has 0 amide bonds. The summed E-state index contributed by atoms with van der Waals surface area (Å²) in [5, 5.41) is -14.4. The predicted molar refractivity (Wildman–Crippen MR) is 107 cm³/mol. The highest BCUT2D eigenvalue weighted by molar-refractivity contribution is 7.90. The first-order chi connectivity index (χ1) is 19.3. The molecule has 0 atom stereocenters. The molecule has 10 nitrogen and oxygen atoms in total. The van der Waals surface area contributed by atoms with Crippen molar-refractivity contribution in [2.24, 2.45) is 0 Å². The quantitative estimate of drug-likeness (QED) is 0.179. The monoisotopic (exact) mass is 776 g/mol. The fourth-order valence-electron chi connectivity index (χ4n) is 2.28. The van der Waals surface area contributed by atoms with Crippen LogP contribution in [0.15, 0.2) is 0 Å². The molecule has 1 N–H and O–H groups in total. The number of phosphoric acid groups is 1. The van der Waals surface area contributed by atoms with Gasteiger partial charge < -0.3 is 4.89 Å². The third kappa shape index (κ3) is 7.55. The van der Waals surface area contributed by atoms with Gasteiger partial charge in [0, 0.05) is 27.2 Å². The molecule has 0 aliphatic rings. The second kappa shape index (κ2) is 12.6. The number of alkyl halides is 18. The summed E-state index contributed by atoms with van der Waals surface area (Å²) >= 11 is 0. The summed E-state index contributed by atoms with van der Waals surface area (Å²) in [5.74, 6) is -30.6. The van der Waals surface area contributed by atoms with E-state index >= 15 is 0 Å². The summed E-state index contributed by atoms with van der Waals surface area (Å²) in [4.78, 5) is 9.31. The Morgan fingerprint density at radius 3 is 0.956 bits per heavy atom. The van der Waals surface area contributed by atoms with E-state index in [0.717, 1.165) is 0 Å². The van der Waals surface area contributed by atoms with E-state index in [1.807, 2.05) is 0 Å². The van der Waals surface area contributed by atoms with Crippen LogP contribution in [0.3, 0.4) is 0 Å². The van der Waals surface area contributed by atoms with Gasteiger partial charge in [-0.1, -0.05) is 0 Å². The topological polar surface area (TPSA) is 131 Å². The van der Waals surface area contributed by atoms with Crippen LogP contribution in [0.1, 0.15) is 0 Å². The van der Waals surface area contributed by atoms with Gasteiger partial charge >= 0.3 is 54.4 Å². The molecular weight excluding hydrogens is 761 g/mol. The van der Waals surface area contributed by atoms with Crippen molar-refractivity contribution in [1.29, 1.82) is 0 Å². The third-order valence-corrected chi connectivity index (χ3v) is 9.85. The Balaban J connectivity index is 5.55. The minimum atomic E-state index is -7.66. The molecule has 0 aromatic rings. The van der Waals surface area contributed by atoms with E-state index in [9.17, 15) is 105 Å². The Hall–Kier alpha value is -1.33. The van der Waals surface area contributed by atoms with Crippen LogP contribution in [-0.2, 0) is 33.7 Å². The SMILES string of the molecule is CN(CCOP(=O)(O)OCCN(C)S(=O)(=O)C(F)(F)C(F)(F)C(F)(F)C(F)(F)F)S(=O)(=O)C(F)(F)C(F)(F)C(F)(F)C(F)(F)F. The number of hydrogen-bond donors (Lipinski definition) is 1. The Morgan fingerprint density at radius 2 is 0.756 bits per heavy atom. The fraction of sp³-hybridized carbons (Fsp3) is 1.00. The minimum absolute atomic E-state index is 0.171. The van der Waals surface area contributed by atoms with Crippen molar-refractivity contribution < 1.29 is 114 Å². The van der Waals surface area contributed by atoms with Crippen molar-refractivity contribution in [3.8, 4) is 0 Å². The Morgan fingerprint density at radius 1 is 0.533 bits per heavy atom. The van der Waals surface area contributed by atoms with E-state index in [1.54, 1.807) is 0 Å². The van der Waals surface area contributed by atoms with Gasteiger partial charge in [-0.3, -0.25) is 9.05 Å². The van der Waals surface area contributed by atoms with Crippen molar-refractivity contribution in [1.82, 2.24) is 8.61 Å². The van der Waals surface area contributed by atoms with Gasteiger partial charge in [-0.05, 0) is 0 Å². The normalized spacial score (nSPS) is 16.2. The average molecular weight is 776 g/mol. The maximum absolute atomic E-state index is 13.8. The van der Waals surface area contributed by atoms with Crippen molar-refractivity contribution in [2.45, 2.75) is 46.6 Å². The molecule has 0 spiro atoms. The first-order valence-corrected chi connectivity index (χ1v) is 14.6. The van der Waals surface area contributed by atoms with Crippen molar-refractivity contribution in [2.75, 3.05) is 40.4 Å². The maximum atomic E-state index is 13.8. The lowest BCUT2D eigenvalue weighted by atomic mass is 10.1. The summed E-state index contributed by atoms with van der Waals surface area (Å²) < 4.78 is 297. The number of halogens is 18. The van der Waals surface area contributed by atoms with Crippen LogP contribution in [0.2, 0.25) is 0 Å². The lowest BCUT2D eigenvalue weighted by Gasteiger charge is -2.34. The van der Waals surface area contributed by atoms with E-state index in [0.29, 0.717) is 0 Å². The zero-order chi connectivity index (χ0) is 36.9. The highest BCUT2D eigenvalue weighted by Gasteiger charge is 2.86. The van der Waals surface area contributed by atoms with Crippen LogP contribution in [-0.4, -0.2) is 117 Å². The Bertz CT molecular complexity index is 1220. The van der Waals surface area contributed by atoms with E-state index in [1.165, 1.54) is 0 Å². The summed E-state index contributed by atoms with van der Waals surface area (Å²) in [6, 6.07) is 0.